The highest BCUT2D eigenvalue weighted by Crippen LogP contribution is 2.50. The minimum Gasteiger partial charge on any atom is -0.254 e. The summed E-state index contributed by atoms with van der Waals surface area (Å²) < 4.78 is 0. The molecule has 3 nitrogen and oxygen atoms in total. The number of hydrogen-bond acceptors (Lipinski definition) is 3. The SMILES string of the molecule is c1n[nH]c(S[C@H]2C[C@H]3CC[C@@H]2C3)n1. The molecule has 2 aliphatic carbocycles. The van der Waals surface area contributed by atoms with E-state index in [0.29, 0.717) is 0 Å². The molecule has 13 heavy (non-hydrogen) atoms. The van der Waals surface area contributed by atoms with Crippen molar-refractivity contribution in [2.24, 2.45) is 11.8 Å². The molecule has 2 bridgehead atoms. The molecule has 0 spiro atoms. The van der Waals surface area contributed by atoms with Crippen molar-refractivity contribution >= 4 is 11.8 Å². The third kappa shape index (κ3) is 1.37. The first-order chi connectivity index (χ1) is 6.42. The Morgan fingerprint density at radius 2 is 2.38 bits per heavy atom. The van der Waals surface area contributed by atoms with Gasteiger partial charge in [0.25, 0.3) is 0 Å². The van der Waals surface area contributed by atoms with E-state index in [1.807, 2.05) is 11.8 Å². The Balaban J connectivity index is 1.68. The van der Waals surface area contributed by atoms with E-state index in [-0.39, 0.29) is 0 Å². The Hall–Kier alpha value is -0.510. The number of hydrogen-bond donors (Lipinski definition) is 1. The van der Waals surface area contributed by atoms with Crippen LogP contribution in [0.5, 0.6) is 0 Å². The van der Waals surface area contributed by atoms with E-state index in [9.17, 15) is 0 Å². The molecule has 1 N–H and O–H groups in total. The Morgan fingerprint density at radius 3 is 3.00 bits per heavy atom. The van der Waals surface area contributed by atoms with Gasteiger partial charge in [-0.3, -0.25) is 5.10 Å². The summed E-state index contributed by atoms with van der Waals surface area (Å²) in [5, 5.41) is 8.60. The average Bonchev–Trinajstić information content (AvgIpc) is 2.77. The van der Waals surface area contributed by atoms with Gasteiger partial charge in [0.15, 0.2) is 5.16 Å². The summed E-state index contributed by atoms with van der Waals surface area (Å²) >= 11 is 1.89. The molecule has 2 fully saturated rings. The van der Waals surface area contributed by atoms with Crippen LogP contribution in [0.1, 0.15) is 25.7 Å². The zero-order valence-electron chi connectivity index (χ0n) is 7.44. The van der Waals surface area contributed by atoms with Gasteiger partial charge in [-0.2, -0.15) is 5.10 Å². The van der Waals surface area contributed by atoms with Crippen LogP contribution in [0, 0.1) is 11.8 Å². The van der Waals surface area contributed by atoms with Crippen LogP contribution >= 0.6 is 11.8 Å². The Bertz CT molecular complexity index is 285. The van der Waals surface area contributed by atoms with E-state index < -0.39 is 0 Å². The highest BCUT2D eigenvalue weighted by Gasteiger charge is 2.40. The Labute approximate surface area is 81.7 Å². The summed E-state index contributed by atoms with van der Waals surface area (Å²) in [7, 11) is 0. The fourth-order valence-electron chi connectivity index (χ4n) is 2.73. The quantitative estimate of drug-likeness (QED) is 0.785. The van der Waals surface area contributed by atoms with Crippen LogP contribution in [0.2, 0.25) is 0 Å². The maximum absolute atomic E-state index is 4.16. The van der Waals surface area contributed by atoms with Gasteiger partial charge < -0.3 is 0 Å². The van der Waals surface area contributed by atoms with Crippen molar-refractivity contribution in [2.75, 3.05) is 0 Å². The third-order valence-electron chi connectivity index (χ3n) is 3.33. The molecule has 2 saturated carbocycles. The lowest BCUT2D eigenvalue weighted by Gasteiger charge is -2.19. The van der Waals surface area contributed by atoms with Crippen molar-refractivity contribution in [3.63, 3.8) is 0 Å². The zero-order chi connectivity index (χ0) is 8.67. The molecular weight excluding hydrogens is 182 g/mol. The molecular formula is C9H13N3S. The molecule has 1 heterocycles. The van der Waals surface area contributed by atoms with Crippen LogP contribution in [0.25, 0.3) is 0 Å². The number of H-pyrrole nitrogens is 1. The normalized spacial score (nSPS) is 37.1. The lowest BCUT2D eigenvalue weighted by molar-refractivity contribution is 0.491. The van der Waals surface area contributed by atoms with Crippen LogP contribution < -0.4 is 0 Å². The van der Waals surface area contributed by atoms with E-state index in [0.717, 1.165) is 22.2 Å². The molecule has 0 radical (unpaired) electrons. The first-order valence-electron chi connectivity index (χ1n) is 4.94. The van der Waals surface area contributed by atoms with Crippen LogP contribution in [0.3, 0.4) is 0 Å². The summed E-state index contributed by atoms with van der Waals surface area (Å²) in [4.78, 5) is 4.16. The maximum atomic E-state index is 4.16. The van der Waals surface area contributed by atoms with Crippen LogP contribution in [-0.2, 0) is 0 Å². The third-order valence-corrected chi connectivity index (χ3v) is 4.63. The Kier molecular flexibility index (Phi) is 1.82. The number of aromatic amines is 1. The van der Waals surface area contributed by atoms with Crippen molar-refractivity contribution < 1.29 is 0 Å². The molecule has 0 aliphatic heterocycles. The number of nitrogens with one attached hydrogen (secondary N) is 1. The number of rotatable bonds is 2. The second-order valence-corrected chi connectivity index (χ2v) is 5.35. The van der Waals surface area contributed by atoms with Crippen molar-refractivity contribution in [3.8, 4) is 0 Å². The van der Waals surface area contributed by atoms with Crippen LogP contribution in [0.4, 0.5) is 0 Å². The van der Waals surface area contributed by atoms with Crippen LogP contribution in [-0.4, -0.2) is 20.4 Å². The van der Waals surface area contributed by atoms with Gasteiger partial charge in [0.2, 0.25) is 0 Å². The number of aromatic nitrogens is 3. The van der Waals surface area contributed by atoms with Gasteiger partial charge in [0, 0.05) is 5.25 Å². The molecule has 70 valence electrons. The van der Waals surface area contributed by atoms with Gasteiger partial charge in [-0.1, -0.05) is 18.2 Å². The van der Waals surface area contributed by atoms with Crippen molar-refractivity contribution in [3.05, 3.63) is 6.33 Å². The second-order valence-electron chi connectivity index (χ2n) is 4.12. The van der Waals surface area contributed by atoms with Gasteiger partial charge in [-0.15, -0.1) is 0 Å². The van der Waals surface area contributed by atoms with Gasteiger partial charge in [-0.25, -0.2) is 4.98 Å². The van der Waals surface area contributed by atoms with Crippen LogP contribution in [0.15, 0.2) is 11.5 Å². The topological polar surface area (TPSA) is 41.6 Å². The summed E-state index contributed by atoms with van der Waals surface area (Å²) in [5.41, 5.74) is 0. The fourth-order valence-corrected chi connectivity index (χ4v) is 4.03. The van der Waals surface area contributed by atoms with Crippen molar-refractivity contribution in [1.82, 2.24) is 15.2 Å². The number of thioether (sulfide) groups is 1. The zero-order valence-corrected chi connectivity index (χ0v) is 8.26. The molecule has 0 amide bonds. The van der Waals surface area contributed by atoms with E-state index in [4.69, 9.17) is 0 Å². The van der Waals surface area contributed by atoms with Gasteiger partial charge >= 0.3 is 0 Å². The highest BCUT2D eigenvalue weighted by atomic mass is 32.2. The lowest BCUT2D eigenvalue weighted by Crippen LogP contribution is -2.12. The van der Waals surface area contributed by atoms with E-state index in [2.05, 4.69) is 15.2 Å². The van der Waals surface area contributed by atoms with Crippen molar-refractivity contribution in [1.29, 1.82) is 0 Å². The smallest absolute Gasteiger partial charge is 0.183 e. The molecule has 0 aromatic carbocycles. The molecule has 0 saturated heterocycles. The van der Waals surface area contributed by atoms with Gasteiger partial charge in [0.05, 0.1) is 0 Å². The van der Waals surface area contributed by atoms with E-state index >= 15 is 0 Å². The molecule has 0 unspecified atom stereocenters. The molecule has 3 rings (SSSR count). The summed E-state index contributed by atoms with van der Waals surface area (Å²) in [6.45, 7) is 0. The minimum atomic E-state index is 0.812. The van der Waals surface area contributed by atoms with E-state index in [1.54, 1.807) is 6.33 Å². The fraction of sp³-hybridized carbons (Fsp3) is 0.778. The standard InChI is InChI=1S/C9H13N3S/c1-2-7-3-6(1)4-8(7)13-9-10-5-11-12-9/h5-8H,1-4H2,(H,10,11,12)/t6-,7+,8-/m0/s1. The minimum absolute atomic E-state index is 0.812. The largest absolute Gasteiger partial charge is 0.254 e. The van der Waals surface area contributed by atoms with Crippen molar-refractivity contribution in [2.45, 2.75) is 36.1 Å². The number of fused-ring (bicyclic) bond motifs is 2. The van der Waals surface area contributed by atoms with E-state index in [1.165, 1.54) is 25.7 Å². The lowest BCUT2D eigenvalue weighted by atomic mass is 10.0. The molecule has 1 aromatic rings. The second kappa shape index (κ2) is 3.01. The average molecular weight is 195 g/mol. The predicted octanol–water partition coefficient (Wildman–Crippen LogP) is 2.09. The highest BCUT2D eigenvalue weighted by molar-refractivity contribution is 7.99. The molecule has 3 atom stereocenters. The van der Waals surface area contributed by atoms with Gasteiger partial charge in [-0.05, 0) is 31.1 Å². The summed E-state index contributed by atoms with van der Waals surface area (Å²) in [5.74, 6) is 1.98. The first-order valence-corrected chi connectivity index (χ1v) is 5.82. The number of nitrogens with zero attached hydrogens (tertiary/aromatic N) is 2. The van der Waals surface area contributed by atoms with Gasteiger partial charge in [0.1, 0.15) is 6.33 Å². The molecule has 1 aromatic heterocycles. The monoisotopic (exact) mass is 195 g/mol. The first kappa shape index (κ1) is 7.85. The summed E-state index contributed by atoms with van der Waals surface area (Å²) in [6, 6.07) is 0. The Morgan fingerprint density at radius 1 is 1.38 bits per heavy atom. The predicted molar refractivity (Wildman–Crippen MR) is 51.5 cm³/mol. The molecule has 4 heteroatoms. The summed E-state index contributed by atoms with van der Waals surface area (Å²) in [6.07, 6.45) is 7.37. The molecule has 2 aliphatic rings. The maximum Gasteiger partial charge on any atom is 0.183 e.